The Morgan fingerprint density at radius 2 is 1.62 bits per heavy atom. The van der Waals surface area contributed by atoms with E-state index in [9.17, 15) is 28.1 Å². The molecule has 1 aliphatic carbocycles. The second kappa shape index (κ2) is 6.19. The van der Waals surface area contributed by atoms with E-state index in [2.05, 4.69) is 0 Å². The molecule has 10 heteroatoms. The molecule has 1 N–H and O–H groups in total. The maximum atomic E-state index is 12.5. The fourth-order valence-electron chi connectivity index (χ4n) is 2.47. The standard InChI is InChI=1S/C14H7NO7S.Na/c16-13-9-2-1-3-11(15(18)19)12(9)14(17)8-5-4-7(6-10(8)13)23(20,21)22;/h1-6H,(H,20,21,22);/q;+1. The first-order valence-corrected chi connectivity index (χ1v) is 7.64. The summed E-state index contributed by atoms with van der Waals surface area (Å²) in [5.74, 6) is -1.47. The van der Waals surface area contributed by atoms with E-state index in [1.54, 1.807) is 0 Å². The fourth-order valence-corrected chi connectivity index (χ4v) is 2.98. The van der Waals surface area contributed by atoms with Gasteiger partial charge in [0.25, 0.3) is 15.8 Å². The van der Waals surface area contributed by atoms with Crippen LogP contribution in [-0.2, 0) is 10.1 Å². The molecule has 3 rings (SSSR count). The van der Waals surface area contributed by atoms with Gasteiger partial charge < -0.3 is 0 Å². The first-order chi connectivity index (χ1) is 10.7. The Morgan fingerprint density at radius 3 is 2.21 bits per heavy atom. The molecule has 0 heterocycles. The molecule has 2 aromatic rings. The van der Waals surface area contributed by atoms with Crippen molar-refractivity contribution in [2.75, 3.05) is 0 Å². The molecule has 116 valence electrons. The topological polar surface area (TPSA) is 132 Å². The third-order valence-electron chi connectivity index (χ3n) is 3.49. The Morgan fingerprint density at radius 1 is 0.958 bits per heavy atom. The maximum absolute atomic E-state index is 12.5. The number of hydrogen-bond acceptors (Lipinski definition) is 6. The van der Waals surface area contributed by atoms with Crippen molar-refractivity contribution in [3.05, 3.63) is 68.8 Å². The number of nitro benzene ring substituents is 1. The molecule has 0 aromatic heterocycles. The van der Waals surface area contributed by atoms with Gasteiger partial charge in [-0.25, -0.2) is 0 Å². The van der Waals surface area contributed by atoms with Crippen LogP contribution in [0.15, 0.2) is 41.3 Å². The van der Waals surface area contributed by atoms with Crippen LogP contribution in [-0.4, -0.2) is 29.5 Å². The van der Waals surface area contributed by atoms with Gasteiger partial charge in [0.05, 0.1) is 9.82 Å². The van der Waals surface area contributed by atoms with Crippen LogP contribution in [0.25, 0.3) is 0 Å². The molecule has 0 bridgehead atoms. The zero-order chi connectivity index (χ0) is 16.9. The Kier molecular flexibility index (Phi) is 4.75. The minimum atomic E-state index is -4.55. The van der Waals surface area contributed by atoms with Crippen molar-refractivity contribution >= 4 is 27.4 Å². The molecule has 8 nitrogen and oxygen atoms in total. The van der Waals surface area contributed by atoms with Crippen LogP contribution in [0.4, 0.5) is 5.69 Å². The molecule has 0 amide bonds. The zero-order valence-electron chi connectivity index (χ0n) is 12.2. The number of rotatable bonds is 2. The van der Waals surface area contributed by atoms with E-state index < -0.39 is 37.2 Å². The largest absolute Gasteiger partial charge is 1.00 e. The molecular formula is C14H7NNaO7S+. The Bertz CT molecular complexity index is 1010. The first-order valence-electron chi connectivity index (χ1n) is 6.20. The molecule has 0 atom stereocenters. The summed E-state index contributed by atoms with van der Waals surface area (Å²) in [6, 6.07) is 6.52. The van der Waals surface area contributed by atoms with Gasteiger partial charge in [-0.2, -0.15) is 8.42 Å². The van der Waals surface area contributed by atoms with E-state index in [1.807, 2.05) is 0 Å². The average Bonchev–Trinajstić information content (AvgIpc) is 2.50. The summed E-state index contributed by atoms with van der Waals surface area (Å²) in [6.45, 7) is 0. The summed E-state index contributed by atoms with van der Waals surface area (Å²) < 4.78 is 31.4. The number of hydrogen-bond donors (Lipinski definition) is 1. The van der Waals surface area contributed by atoms with Gasteiger partial charge in [0.2, 0.25) is 5.78 Å². The van der Waals surface area contributed by atoms with Crippen molar-refractivity contribution < 1.29 is 57.0 Å². The minimum absolute atomic E-state index is 0. The summed E-state index contributed by atoms with van der Waals surface area (Å²) in [5.41, 5.74) is -1.37. The molecule has 0 spiro atoms. The second-order valence-electron chi connectivity index (χ2n) is 4.80. The van der Waals surface area contributed by atoms with Crippen LogP contribution in [0.1, 0.15) is 31.8 Å². The monoisotopic (exact) mass is 356 g/mol. The summed E-state index contributed by atoms with van der Waals surface area (Å²) in [4.78, 5) is 34.7. The molecule has 1 aliphatic rings. The van der Waals surface area contributed by atoms with Gasteiger partial charge in [-0.3, -0.25) is 24.3 Å². The third kappa shape index (κ3) is 2.80. The van der Waals surface area contributed by atoms with Crippen LogP contribution in [0, 0.1) is 10.1 Å². The van der Waals surface area contributed by atoms with Crippen LogP contribution in [0.2, 0.25) is 0 Å². The first kappa shape index (κ1) is 18.4. The van der Waals surface area contributed by atoms with Gasteiger partial charge >= 0.3 is 29.6 Å². The quantitative estimate of drug-likeness (QED) is 0.259. The van der Waals surface area contributed by atoms with Gasteiger partial charge in [0, 0.05) is 22.8 Å². The normalized spacial score (nSPS) is 12.9. The van der Waals surface area contributed by atoms with Crippen molar-refractivity contribution in [1.29, 1.82) is 0 Å². The van der Waals surface area contributed by atoms with E-state index in [1.165, 1.54) is 12.1 Å². The minimum Gasteiger partial charge on any atom is -0.289 e. The van der Waals surface area contributed by atoms with Crippen molar-refractivity contribution in [2.24, 2.45) is 0 Å². The third-order valence-corrected chi connectivity index (χ3v) is 4.34. The molecule has 2 aromatic carbocycles. The number of ketones is 2. The maximum Gasteiger partial charge on any atom is 1.00 e. The van der Waals surface area contributed by atoms with E-state index in [0.717, 1.165) is 24.3 Å². The smallest absolute Gasteiger partial charge is 0.289 e. The average molecular weight is 356 g/mol. The predicted molar refractivity (Wildman–Crippen MR) is 76.2 cm³/mol. The van der Waals surface area contributed by atoms with E-state index in [-0.39, 0.29) is 51.8 Å². The molecular weight excluding hydrogens is 349 g/mol. The van der Waals surface area contributed by atoms with Gasteiger partial charge in [0.1, 0.15) is 5.56 Å². The number of carbonyl (C=O) groups excluding carboxylic acids is 2. The fraction of sp³-hybridized carbons (Fsp3) is 0. The number of nitrogens with zero attached hydrogens (tertiary/aromatic N) is 1. The molecule has 0 unspecified atom stereocenters. The van der Waals surface area contributed by atoms with Crippen molar-refractivity contribution in [3.63, 3.8) is 0 Å². The Labute approximate surface area is 157 Å². The van der Waals surface area contributed by atoms with Gasteiger partial charge in [-0.05, 0) is 24.3 Å². The summed E-state index contributed by atoms with van der Waals surface area (Å²) in [6.07, 6.45) is 0. The Hall–Kier alpha value is -1.91. The van der Waals surface area contributed by atoms with E-state index >= 15 is 0 Å². The molecule has 0 fully saturated rings. The number of fused-ring (bicyclic) bond motifs is 2. The Balaban J connectivity index is 0.00000208. The van der Waals surface area contributed by atoms with Gasteiger partial charge in [-0.1, -0.05) is 6.07 Å². The van der Waals surface area contributed by atoms with E-state index in [4.69, 9.17) is 4.55 Å². The van der Waals surface area contributed by atoms with Crippen LogP contribution < -0.4 is 29.6 Å². The molecule has 0 aliphatic heterocycles. The zero-order valence-corrected chi connectivity index (χ0v) is 15.0. The van der Waals surface area contributed by atoms with Crippen molar-refractivity contribution in [2.45, 2.75) is 4.90 Å². The van der Waals surface area contributed by atoms with Crippen molar-refractivity contribution in [1.82, 2.24) is 0 Å². The van der Waals surface area contributed by atoms with Crippen LogP contribution in [0.3, 0.4) is 0 Å². The molecule has 24 heavy (non-hydrogen) atoms. The van der Waals surface area contributed by atoms with Crippen molar-refractivity contribution in [3.8, 4) is 0 Å². The molecule has 0 saturated heterocycles. The van der Waals surface area contributed by atoms with Gasteiger partial charge in [0.15, 0.2) is 5.78 Å². The van der Waals surface area contributed by atoms with E-state index in [0.29, 0.717) is 0 Å². The second-order valence-corrected chi connectivity index (χ2v) is 6.22. The number of carbonyl (C=O) groups is 2. The van der Waals surface area contributed by atoms with Gasteiger partial charge in [-0.15, -0.1) is 0 Å². The van der Waals surface area contributed by atoms with Crippen LogP contribution >= 0.6 is 0 Å². The summed E-state index contributed by atoms with van der Waals surface area (Å²) in [5, 5.41) is 11.1. The summed E-state index contributed by atoms with van der Waals surface area (Å²) >= 11 is 0. The molecule has 0 saturated carbocycles. The summed E-state index contributed by atoms with van der Waals surface area (Å²) in [7, 11) is -4.55. The predicted octanol–water partition coefficient (Wildman–Crippen LogP) is -1.38. The molecule has 0 radical (unpaired) electrons. The SMILES string of the molecule is O=C1c2cc(S(=O)(=O)O)ccc2C(=O)c2c1cccc2[N+](=O)[O-].[Na+]. The van der Waals surface area contributed by atoms with Crippen LogP contribution in [0.5, 0.6) is 0 Å². The number of nitro groups is 1. The number of benzene rings is 2.